The molecule has 0 aliphatic heterocycles. The van der Waals surface area contributed by atoms with Crippen LogP contribution in [0.15, 0.2) is 21.3 Å². The molecule has 1 amide bonds. The summed E-state index contributed by atoms with van der Waals surface area (Å²) in [6, 6.07) is 0. The number of aliphatic imine (C=N–C) groups is 2. The van der Waals surface area contributed by atoms with E-state index < -0.39 is 11.7 Å². The fourth-order valence-electron chi connectivity index (χ4n) is 0.840. The Morgan fingerprint density at radius 3 is 2.59 bits per heavy atom. The number of halogens is 1. The second-order valence-electron chi connectivity index (χ2n) is 4.34. The molecule has 0 saturated carbocycles. The highest BCUT2D eigenvalue weighted by Crippen LogP contribution is 2.06. The molecule has 0 heterocycles. The smallest absolute Gasteiger partial charge is 0.407 e. The Kier molecular flexibility index (Phi) is 6.50. The minimum Gasteiger partial charge on any atom is -0.444 e. The van der Waals surface area contributed by atoms with E-state index in [1.165, 1.54) is 6.20 Å². The summed E-state index contributed by atoms with van der Waals surface area (Å²) >= 11 is 5.69. The minimum atomic E-state index is -0.514. The lowest BCUT2D eigenvalue weighted by Crippen LogP contribution is -2.34. The highest BCUT2D eigenvalue weighted by molar-refractivity contribution is 6.30. The first-order valence-electron chi connectivity index (χ1n) is 5.07. The number of nitrogens with one attached hydrogen (secondary N) is 1. The minimum absolute atomic E-state index is 0.212. The Hall–Kier alpha value is -1.36. The van der Waals surface area contributed by atoms with Crippen LogP contribution in [0, 0.1) is 0 Å². The van der Waals surface area contributed by atoms with E-state index in [0.29, 0.717) is 5.71 Å². The van der Waals surface area contributed by atoms with Crippen LogP contribution >= 0.6 is 11.6 Å². The van der Waals surface area contributed by atoms with Gasteiger partial charge in [0.15, 0.2) is 0 Å². The summed E-state index contributed by atoms with van der Waals surface area (Å²) in [5.41, 5.74) is 0.125. The maximum Gasteiger partial charge on any atom is 0.407 e. The molecule has 0 aliphatic carbocycles. The molecule has 0 aromatic carbocycles. The summed E-state index contributed by atoms with van der Waals surface area (Å²) in [7, 11) is 0. The molecule has 0 aromatic rings. The van der Waals surface area contributed by atoms with Crippen molar-refractivity contribution < 1.29 is 9.53 Å². The highest BCUT2D eigenvalue weighted by atomic mass is 35.5. The van der Waals surface area contributed by atoms with Gasteiger partial charge >= 0.3 is 6.09 Å². The van der Waals surface area contributed by atoms with E-state index in [9.17, 15) is 4.79 Å². The summed E-state index contributed by atoms with van der Waals surface area (Å²) in [5, 5.41) is 2.77. The van der Waals surface area contributed by atoms with Crippen molar-refractivity contribution in [1.82, 2.24) is 5.32 Å². The van der Waals surface area contributed by atoms with E-state index in [0.717, 1.165) is 0 Å². The average Bonchev–Trinajstić information content (AvgIpc) is 2.12. The lowest BCUT2D eigenvalue weighted by atomic mass is 10.2. The number of rotatable bonds is 4. The molecule has 0 fully saturated rings. The SMILES string of the molecule is C=N/C=C(/Cl)N=C(C)CNC(=O)OC(C)(C)C. The molecule has 0 saturated heterocycles. The van der Waals surface area contributed by atoms with E-state index in [4.69, 9.17) is 16.3 Å². The monoisotopic (exact) mass is 259 g/mol. The third-order valence-electron chi connectivity index (χ3n) is 1.38. The first-order valence-corrected chi connectivity index (χ1v) is 5.45. The van der Waals surface area contributed by atoms with Gasteiger partial charge in [-0.3, -0.25) is 4.99 Å². The maximum absolute atomic E-state index is 11.3. The van der Waals surface area contributed by atoms with Gasteiger partial charge in [-0.1, -0.05) is 11.6 Å². The van der Waals surface area contributed by atoms with Gasteiger partial charge in [-0.15, -0.1) is 0 Å². The van der Waals surface area contributed by atoms with E-state index in [2.05, 4.69) is 22.0 Å². The molecule has 0 bridgehead atoms. The van der Waals surface area contributed by atoms with Crippen LogP contribution in [0.3, 0.4) is 0 Å². The van der Waals surface area contributed by atoms with Crippen molar-refractivity contribution in [2.45, 2.75) is 33.3 Å². The molecule has 0 aliphatic rings. The van der Waals surface area contributed by atoms with Crippen molar-refractivity contribution in [3.8, 4) is 0 Å². The van der Waals surface area contributed by atoms with Crippen LogP contribution in [0.4, 0.5) is 4.79 Å². The number of alkyl carbamates (subject to hydrolysis) is 1. The normalized spacial score (nSPS) is 13.2. The van der Waals surface area contributed by atoms with Crippen molar-refractivity contribution in [3.05, 3.63) is 11.4 Å². The average molecular weight is 260 g/mol. The van der Waals surface area contributed by atoms with Gasteiger partial charge in [0.2, 0.25) is 0 Å². The molecule has 5 nitrogen and oxygen atoms in total. The Balaban J connectivity index is 4.17. The van der Waals surface area contributed by atoms with Crippen molar-refractivity contribution in [1.29, 1.82) is 0 Å². The lowest BCUT2D eigenvalue weighted by molar-refractivity contribution is 0.0536. The van der Waals surface area contributed by atoms with E-state index in [1.54, 1.807) is 27.7 Å². The van der Waals surface area contributed by atoms with E-state index in [1.807, 2.05) is 0 Å². The molecule has 0 unspecified atom stereocenters. The molecular formula is C11H18ClN3O2. The fourth-order valence-corrected chi connectivity index (χ4v) is 1.05. The van der Waals surface area contributed by atoms with E-state index >= 15 is 0 Å². The zero-order valence-electron chi connectivity index (χ0n) is 10.6. The first kappa shape index (κ1) is 15.6. The third-order valence-corrected chi connectivity index (χ3v) is 1.57. The number of hydrogen-bond donors (Lipinski definition) is 1. The highest BCUT2D eigenvalue weighted by Gasteiger charge is 2.15. The van der Waals surface area contributed by atoms with Crippen LogP contribution in [0.5, 0.6) is 0 Å². The zero-order valence-corrected chi connectivity index (χ0v) is 11.3. The summed E-state index contributed by atoms with van der Waals surface area (Å²) in [5.74, 6) is 0. The molecule has 96 valence electrons. The van der Waals surface area contributed by atoms with E-state index in [-0.39, 0.29) is 11.7 Å². The third kappa shape index (κ3) is 9.56. The van der Waals surface area contributed by atoms with Gasteiger partial charge in [-0.25, -0.2) is 9.79 Å². The Morgan fingerprint density at radius 1 is 1.53 bits per heavy atom. The van der Waals surface area contributed by atoms with Gasteiger partial charge in [0.25, 0.3) is 0 Å². The summed E-state index contributed by atoms with van der Waals surface area (Å²) in [4.78, 5) is 18.8. The second-order valence-corrected chi connectivity index (χ2v) is 4.72. The van der Waals surface area contributed by atoms with Gasteiger partial charge in [0.05, 0.1) is 12.7 Å². The van der Waals surface area contributed by atoms with Crippen LogP contribution in [0.2, 0.25) is 0 Å². The van der Waals surface area contributed by atoms with Gasteiger partial charge in [-0.2, -0.15) is 0 Å². The number of carbonyl (C=O) groups is 1. The predicted molar refractivity (Wildman–Crippen MR) is 70.8 cm³/mol. The summed E-state index contributed by atoms with van der Waals surface area (Å²) < 4.78 is 5.06. The molecule has 6 heteroatoms. The molecule has 0 aromatic heterocycles. The molecule has 0 atom stereocenters. The second kappa shape index (κ2) is 7.06. The fraction of sp³-hybridized carbons (Fsp3) is 0.545. The molecule has 17 heavy (non-hydrogen) atoms. The predicted octanol–water partition coefficient (Wildman–Crippen LogP) is 2.71. The first-order chi connectivity index (χ1) is 7.74. The summed E-state index contributed by atoms with van der Waals surface area (Å²) in [6.45, 7) is 10.6. The van der Waals surface area contributed by atoms with Gasteiger partial charge in [0, 0.05) is 5.71 Å². The molecule has 0 spiro atoms. The Morgan fingerprint density at radius 2 is 2.12 bits per heavy atom. The Labute approximate surface area is 107 Å². The number of nitrogens with zero attached hydrogens (tertiary/aromatic N) is 2. The zero-order chi connectivity index (χ0) is 13.5. The summed E-state index contributed by atoms with van der Waals surface area (Å²) in [6.07, 6.45) is 0.826. The van der Waals surface area contributed by atoms with Crippen LogP contribution in [-0.4, -0.2) is 30.7 Å². The van der Waals surface area contributed by atoms with Crippen LogP contribution in [0.1, 0.15) is 27.7 Å². The maximum atomic E-state index is 11.3. The largest absolute Gasteiger partial charge is 0.444 e. The number of hydrogen-bond acceptors (Lipinski definition) is 4. The van der Waals surface area contributed by atoms with Crippen molar-refractivity contribution in [2.24, 2.45) is 9.98 Å². The molecule has 1 N–H and O–H groups in total. The number of carbonyl (C=O) groups excluding carboxylic acids is 1. The van der Waals surface area contributed by atoms with Gasteiger partial charge in [0.1, 0.15) is 10.8 Å². The quantitative estimate of drug-likeness (QED) is 0.623. The molecule has 0 radical (unpaired) electrons. The number of amides is 1. The van der Waals surface area contributed by atoms with Crippen molar-refractivity contribution in [2.75, 3.05) is 6.54 Å². The standard InChI is InChI=1S/C11H18ClN3O2/c1-8(15-9(12)7-13-5)6-14-10(16)17-11(2,3)4/h7H,5-6H2,1-4H3,(H,14,16)/b9-7-,15-8?. The van der Waals surface area contributed by atoms with Gasteiger partial charge < -0.3 is 10.1 Å². The van der Waals surface area contributed by atoms with Crippen molar-refractivity contribution in [3.63, 3.8) is 0 Å². The lowest BCUT2D eigenvalue weighted by Gasteiger charge is -2.19. The molecular weight excluding hydrogens is 242 g/mol. The van der Waals surface area contributed by atoms with Crippen LogP contribution in [-0.2, 0) is 4.74 Å². The van der Waals surface area contributed by atoms with Gasteiger partial charge in [-0.05, 0) is 34.4 Å². The molecule has 0 rings (SSSR count). The van der Waals surface area contributed by atoms with Crippen molar-refractivity contribution >= 4 is 30.1 Å². The topological polar surface area (TPSA) is 63.0 Å². The number of ether oxygens (including phenoxy) is 1. The Bertz CT molecular complexity index is 343. The van der Waals surface area contributed by atoms with Crippen LogP contribution in [0.25, 0.3) is 0 Å². The van der Waals surface area contributed by atoms with Crippen LogP contribution < -0.4 is 5.32 Å².